The first-order valence-corrected chi connectivity index (χ1v) is 8.01. The van der Waals surface area contributed by atoms with Gasteiger partial charge in [-0.15, -0.1) is 0 Å². The lowest BCUT2D eigenvalue weighted by Gasteiger charge is -2.20. The minimum Gasteiger partial charge on any atom is -0.496 e. The van der Waals surface area contributed by atoms with Crippen LogP contribution in [0.4, 0.5) is 0 Å². The summed E-state index contributed by atoms with van der Waals surface area (Å²) in [6.45, 7) is 6.32. The first-order chi connectivity index (χ1) is 10.2. The van der Waals surface area contributed by atoms with Crippen molar-refractivity contribution in [3.05, 3.63) is 29.8 Å². The fourth-order valence-corrected chi connectivity index (χ4v) is 2.54. The predicted octanol–water partition coefficient (Wildman–Crippen LogP) is 3.67. The molecule has 0 spiro atoms. The van der Waals surface area contributed by atoms with Gasteiger partial charge in [-0.3, -0.25) is 0 Å². The van der Waals surface area contributed by atoms with E-state index in [1.54, 1.807) is 14.2 Å². The molecular formula is C18H31NO2. The van der Waals surface area contributed by atoms with Gasteiger partial charge in [0.15, 0.2) is 0 Å². The van der Waals surface area contributed by atoms with Crippen LogP contribution in [-0.2, 0) is 11.2 Å². The summed E-state index contributed by atoms with van der Waals surface area (Å²) >= 11 is 0. The van der Waals surface area contributed by atoms with E-state index in [0.29, 0.717) is 12.0 Å². The van der Waals surface area contributed by atoms with Gasteiger partial charge in [-0.05, 0) is 43.4 Å². The van der Waals surface area contributed by atoms with Crippen molar-refractivity contribution in [1.82, 2.24) is 5.32 Å². The molecule has 0 saturated heterocycles. The summed E-state index contributed by atoms with van der Waals surface area (Å²) in [6, 6.07) is 8.88. The van der Waals surface area contributed by atoms with Gasteiger partial charge >= 0.3 is 0 Å². The molecule has 0 aromatic heterocycles. The maximum absolute atomic E-state index is 5.47. The molecule has 3 heteroatoms. The van der Waals surface area contributed by atoms with Gasteiger partial charge in [0.05, 0.1) is 7.11 Å². The maximum atomic E-state index is 5.47. The van der Waals surface area contributed by atoms with Crippen LogP contribution in [0.1, 0.15) is 38.7 Å². The molecule has 1 N–H and O–H groups in total. The molecule has 1 aromatic carbocycles. The normalized spacial score (nSPS) is 12.6. The van der Waals surface area contributed by atoms with E-state index in [9.17, 15) is 0 Å². The number of para-hydroxylation sites is 1. The van der Waals surface area contributed by atoms with Crippen LogP contribution in [0.2, 0.25) is 0 Å². The van der Waals surface area contributed by atoms with Gasteiger partial charge in [-0.2, -0.15) is 0 Å². The third-order valence-electron chi connectivity index (χ3n) is 3.73. The number of ether oxygens (including phenoxy) is 2. The summed E-state index contributed by atoms with van der Waals surface area (Å²) in [7, 11) is 3.52. The topological polar surface area (TPSA) is 30.5 Å². The zero-order valence-corrected chi connectivity index (χ0v) is 14.0. The molecule has 0 saturated carbocycles. The first-order valence-electron chi connectivity index (χ1n) is 8.01. The van der Waals surface area contributed by atoms with Crippen LogP contribution < -0.4 is 10.1 Å². The van der Waals surface area contributed by atoms with Crippen molar-refractivity contribution in [1.29, 1.82) is 0 Å². The highest BCUT2D eigenvalue weighted by Gasteiger charge is 2.13. The Morgan fingerprint density at radius 1 is 1.10 bits per heavy atom. The molecule has 21 heavy (non-hydrogen) atoms. The molecule has 1 atom stereocenters. The van der Waals surface area contributed by atoms with Crippen LogP contribution in [0.3, 0.4) is 0 Å². The van der Waals surface area contributed by atoms with E-state index in [4.69, 9.17) is 9.47 Å². The number of rotatable bonds is 11. The van der Waals surface area contributed by atoms with Crippen molar-refractivity contribution in [2.45, 2.75) is 45.6 Å². The zero-order chi connectivity index (χ0) is 15.5. The Morgan fingerprint density at radius 3 is 2.52 bits per heavy atom. The fraction of sp³-hybridized carbons (Fsp3) is 0.667. The van der Waals surface area contributed by atoms with Crippen LogP contribution in [0, 0.1) is 5.92 Å². The van der Waals surface area contributed by atoms with Crippen LogP contribution in [0.5, 0.6) is 5.75 Å². The summed E-state index contributed by atoms with van der Waals surface area (Å²) in [5.74, 6) is 1.64. The van der Waals surface area contributed by atoms with E-state index in [1.807, 2.05) is 12.1 Å². The van der Waals surface area contributed by atoms with Crippen molar-refractivity contribution in [3.8, 4) is 5.75 Å². The highest BCUT2D eigenvalue weighted by atomic mass is 16.5. The number of benzene rings is 1. The summed E-state index contributed by atoms with van der Waals surface area (Å²) < 4.78 is 10.6. The van der Waals surface area contributed by atoms with Gasteiger partial charge in [-0.25, -0.2) is 0 Å². The standard InChI is InChI=1S/C18H31NO2/c1-15(2)19-14-16(9-7-8-12-20-3)13-17-10-5-6-11-18(17)21-4/h5-6,10-11,15-16,19H,7-9,12-14H2,1-4H3. The van der Waals surface area contributed by atoms with Gasteiger partial charge in [0.2, 0.25) is 0 Å². The minimum atomic E-state index is 0.532. The highest BCUT2D eigenvalue weighted by molar-refractivity contribution is 5.33. The van der Waals surface area contributed by atoms with Crippen LogP contribution in [0.15, 0.2) is 24.3 Å². The van der Waals surface area contributed by atoms with Crippen molar-refractivity contribution in [2.24, 2.45) is 5.92 Å². The van der Waals surface area contributed by atoms with E-state index in [2.05, 4.69) is 31.3 Å². The third-order valence-corrected chi connectivity index (χ3v) is 3.73. The predicted molar refractivity (Wildman–Crippen MR) is 89.1 cm³/mol. The molecule has 0 aliphatic carbocycles. The minimum absolute atomic E-state index is 0.532. The number of nitrogens with one attached hydrogen (secondary N) is 1. The number of methoxy groups -OCH3 is 2. The Kier molecular flexibility index (Phi) is 9.11. The van der Waals surface area contributed by atoms with Crippen molar-refractivity contribution in [2.75, 3.05) is 27.4 Å². The number of unbranched alkanes of at least 4 members (excludes halogenated alkanes) is 1. The summed E-state index contributed by atoms with van der Waals surface area (Å²) in [5, 5.41) is 3.57. The van der Waals surface area contributed by atoms with Crippen LogP contribution in [-0.4, -0.2) is 33.4 Å². The molecule has 0 heterocycles. The zero-order valence-electron chi connectivity index (χ0n) is 14.0. The molecule has 1 rings (SSSR count). The quantitative estimate of drug-likeness (QED) is 0.632. The highest BCUT2D eigenvalue weighted by Crippen LogP contribution is 2.23. The molecule has 0 radical (unpaired) electrons. The number of hydrogen-bond donors (Lipinski definition) is 1. The van der Waals surface area contributed by atoms with Gasteiger partial charge in [0.1, 0.15) is 5.75 Å². The summed E-state index contributed by atoms with van der Waals surface area (Å²) in [6.07, 6.45) is 4.64. The smallest absolute Gasteiger partial charge is 0.122 e. The molecule has 0 bridgehead atoms. The van der Waals surface area contributed by atoms with Crippen molar-refractivity contribution in [3.63, 3.8) is 0 Å². The molecule has 0 aliphatic rings. The molecule has 0 fully saturated rings. The lowest BCUT2D eigenvalue weighted by Crippen LogP contribution is -2.30. The lowest BCUT2D eigenvalue weighted by atomic mass is 9.93. The average Bonchev–Trinajstić information content (AvgIpc) is 2.49. The Balaban J connectivity index is 2.57. The Labute approximate surface area is 130 Å². The SMILES string of the molecule is COCCCCC(CNC(C)C)Cc1ccccc1OC. The summed E-state index contributed by atoms with van der Waals surface area (Å²) in [4.78, 5) is 0. The van der Waals surface area contributed by atoms with E-state index in [-0.39, 0.29) is 0 Å². The fourth-order valence-electron chi connectivity index (χ4n) is 2.54. The second-order valence-electron chi connectivity index (χ2n) is 5.93. The second-order valence-corrected chi connectivity index (χ2v) is 5.93. The van der Waals surface area contributed by atoms with E-state index in [1.165, 1.54) is 18.4 Å². The monoisotopic (exact) mass is 293 g/mol. The average molecular weight is 293 g/mol. The second kappa shape index (κ2) is 10.6. The molecule has 1 aromatic rings. The van der Waals surface area contributed by atoms with Gasteiger partial charge < -0.3 is 14.8 Å². The van der Waals surface area contributed by atoms with E-state index >= 15 is 0 Å². The Bertz CT molecular complexity index is 379. The molecule has 0 aliphatic heterocycles. The molecule has 1 unspecified atom stereocenters. The first kappa shape index (κ1) is 18.0. The van der Waals surface area contributed by atoms with Crippen molar-refractivity contribution >= 4 is 0 Å². The van der Waals surface area contributed by atoms with E-state index in [0.717, 1.165) is 31.7 Å². The van der Waals surface area contributed by atoms with Gasteiger partial charge in [0.25, 0.3) is 0 Å². The largest absolute Gasteiger partial charge is 0.496 e. The lowest BCUT2D eigenvalue weighted by molar-refractivity contribution is 0.190. The Morgan fingerprint density at radius 2 is 1.86 bits per heavy atom. The Hall–Kier alpha value is -1.06. The molecule has 0 amide bonds. The van der Waals surface area contributed by atoms with Gasteiger partial charge in [-0.1, -0.05) is 38.5 Å². The maximum Gasteiger partial charge on any atom is 0.122 e. The molecular weight excluding hydrogens is 262 g/mol. The van der Waals surface area contributed by atoms with Gasteiger partial charge in [0, 0.05) is 19.8 Å². The van der Waals surface area contributed by atoms with Crippen LogP contribution in [0.25, 0.3) is 0 Å². The van der Waals surface area contributed by atoms with Crippen LogP contribution >= 0.6 is 0 Å². The van der Waals surface area contributed by atoms with Crippen molar-refractivity contribution < 1.29 is 9.47 Å². The molecule has 120 valence electrons. The number of hydrogen-bond acceptors (Lipinski definition) is 3. The summed E-state index contributed by atoms with van der Waals surface area (Å²) in [5.41, 5.74) is 1.31. The molecule has 3 nitrogen and oxygen atoms in total. The van der Waals surface area contributed by atoms with E-state index < -0.39 is 0 Å². The third kappa shape index (κ3) is 7.49.